The fraction of sp³-hybridized carbons (Fsp3) is 0.538. The van der Waals surface area contributed by atoms with Crippen LogP contribution in [0.15, 0.2) is 6.07 Å². The lowest BCUT2D eigenvalue weighted by atomic mass is 9.97. The molecule has 5 heteroatoms. The molecule has 0 aliphatic heterocycles. The number of pyridine rings is 1. The lowest BCUT2D eigenvalue weighted by Gasteiger charge is -2.19. The zero-order valence-corrected chi connectivity index (χ0v) is 11.6. The summed E-state index contributed by atoms with van der Waals surface area (Å²) in [4.78, 5) is 15.5. The normalized spacial score (nSPS) is 10.8. The number of ether oxygens (including phenoxy) is 1. The van der Waals surface area contributed by atoms with E-state index in [2.05, 4.69) is 10.3 Å². The van der Waals surface area contributed by atoms with Crippen LogP contribution in [0.4, 0.5) is 10.5 Å². The summed E-state index contributed by atoms with van der Waals surface area (Å²) in [6.07, 6.45) is 0. The molecule has 1 aromatic rings. The molecule has 0 aliphatic rings. The van der Waals surface area contributed by atoms with Gasteiger partial charge in [0, 0.05) is 6.07 Å². The van der Waals surface area contributed by atoms with Gasteiger partial charge in [0.2, 0.25) is 5.88 Å². The maximum Gasteiger partial charge on any atom is 0.316 e. The van der Waals surface area contributed by atoms with Crippen molar-refractivity contribution in [3.8, 4) is 5.88 Å². The Morgan fingerprint density at radius 3 is 2.33 bits per heavy atom. The Hall–Kier alpha value is -1.78. The summed E-state index contributed by atoms with van der Waals surface area (Å²) in [5.41, 5.74) is 7.69. The molecule has 0 bridgehead atoms. The van der Waals surface area contributed by atoms with Crippen LogP contribution in [0, 0.1) is 0 Å². The van der Waals surface area contributed by atoms with Gasteiger partial charge in [-0.25, -0.2) is 9.78 Å². The molecule has 1 heterocycles. The van der Waals surface area contributed by atoms with E-state index in [0.29, 0.717) is 11.6 Å². The van der Waals surface area contributed by atoms with Crippen molar-refractivity contribution in [2.24, 2.45) is 5.73 Å². The Balaban J connectivity index is 3.44. The van der Waals surface area contributed by atoms with Crippen molar-refractivity contribution in [3.63, 3.8) is 0 Å². The van der Waals surface area contributed by atoms with Crippen LogP contribution in [0.5, 0.6) is 5.88 Å². The molecule has 0 saturated carbocycles. The Kier molecular flexibility index (Phi) is 4.53. The highest BCUT2D eigenvalue weighted by Crippen LogP contribution is 2.33. The molecule has 0 atom stereocenters. The van der Waals surface area contributed by atoms with E-state index >= 15 is 0 Å². The number of urea groups is 1. The monoisotopic (exact) mass is 251 g/mol. The van der Waals surface area contributed by atoms with Gasteiger partial charge in [-0.1, -0.05) is 27.7 Å². The van der Waals surface area contributed by atoms with Crippen LogP contribution < -0.4 is 15.8 Å². The first-order valence-electron chi connectivity index (χ1n) is 6.02. The van der Waals surface area contributed by atoms with Crippen molar-refractivity contribution in [1.29, 1.82) is 0 Å². The van der Waals surface area contributed by atoms with E-state index in [4.69, 9.17) is 10.5 Å². The summed E-state index contributed by atoms with van der Waals surface area (Å²) in [6.45, 7) is 8.12. The summed E-state index contributed by atoms with van der Waals surface area (Å²) < 4.78 is 5.20. The molecule has 1 aromatic heterocycles. The molecule has 0 aliphatic carbocycles. The third-order valence-electron chi connectivity index (χ3n) is 2.68. The highest BCUT2D eigenvalue weighted by Gasteiger charge is 2.18. The Morgan fingerprint density at radius 1 is 1.33 bits per heavy atom. The number of amides is 2. The van der Waals surface area contributed by atoms with Gasteiger partial charge in [0.15, 0.2) is 0 Å². The molecule has 0 aromatic carbocycles. The zero-order valence-electron chi connectivity index (χ0n) is 11.6. The molecular weight excluding hydrogens is 230 g/mol. The third kappa shape index (κ3) is 3.12. The second kappa shape index (κ2) is 5.71. The number of hydrogen-bond acceptors (Lipinski definition) is 3. The van der Waals surface area contributed by atoms with Crippen LogP contribution in [0.2, 0.25) is 0 Å². The summed E-state index contributed by atoms with van der Waals surface area (Å²) in [7, 11) is 1.58. The molecule has 1 rings (SSSR count). The van der Waals surface area contributed by atoms with Gasteiger partial charge < -0.3 is 15.8 Å². The smallest absolute Gasteiger partial charge is 0.316 e. The van der Waals surface area contributed by atoms with Crippen molar-refractivity contribution < 1.29 is 9.53 Å². The predicted octanol–water partition coefficient (Wildman–Crippen LogP) is 2.83. The molecule has 0 spiro atoms. The van der Waals surface area contributed by atoms with E-state index in [-0.39, 0.29) is 11.8 Å². The lowest BCUT2D eigenvalue weighted by molar-refractivity contribution is 0.259. The van der Waals surface area contributed by atoms with Gasteiger partial charge in [0.1, 0.15) is 0 Å². The van der Waals surface area contributed by atoms with Gasteiger partial charge in [-0.05, 0) is 17.4 Å². The first kappa shape index (κ1) is 14.3. The number of nitrogens with two attached hydrogens (primary N) is 1. The average molecular weight is 251 g/mol. The maximum absolute atomic E-state index is 11.1. The van der Waals surface area contributed by atoms with Crippen LogP contribution in [0.1, 0.15) is 50.8 Å². The number of nitrogens with one attached hydrogen (secondary N) is 1. The number of primary amides is 1. The predicted molar refractivity (Wildman–Crippen MR) is 72.2 cm³/mol. The fourth-order valence-corrected chi connectivity index (χ4v) is 1.80. The quantitative estimate of drug-likeness (QED) is 0.863. The Morgan fingerprint density at radius 2 is 1.94 bits per heavy atom. The third-order valence-corrected chi connectivity index (χ3v) is 2.68. The first-order chi connectivity index (χ1) is 8.36. The van der Waals surface area contributed by atoms with Gasteiger partial charge in [0.25, 0.3) is 0 Å². The van der Waals surface area contributed by atoms with Gasteiger partial charge in [-0.2, -0.15) is 0 Å². The van der Waals surface area contributed by atoms with E-state index in [9.17, 15) is 4.79 Å². The summed E-state index contributed by atoms with van der Waals surface area (Å²) in [5.74, 6) is 0.957. The van der Waals surface area contributed by atoms with E-state index in [1.807, 2.05) is 33.8 Å². The number of nitrogens with zero attached hydrogens (tertiary/aromatic N) is 1. The molecule has 2 amide bonds. The van der Waals surface area contributed by atoms with E-state index < -0.39 is 6.03 Å². The standard InChI is InChI=1S/C13H21N3O2/c1-7(2)9-6-10(18-5)15-11(8(3)4)12(9)16-13(14)17/h6-8H,1-5H3,(H3,14,16,17). The minimum absolute atomic E-state index is 0.166. The van der Waals surface area contributed by atoms with Crippen LogP contribution in [0.3, 0.4) is 0 Å². The average Bonchev–Trinajstić information content (AvgIpc) is 2.27. The second-order valence-corrected chi connectivity index (χ2v) is 4.81. The van der Waals surface area contributed by atoms with Crippen LogP contribution >= 0.6 is 0 Å². The van der Waals surface area contributed by atoms with Crippen LogP contribution in [-0.4, -0.2) is 18.1 Å². The summed E-state index contributed by atoms with van der Waals surface area (Å²) in [6, 6.07) is 1.26. The maximum atomic E-state index is 11.1. The van der Waals surface area contributed by atoms with Crippen molar-refractivity contribution in [1.82, 2.24) is 4.98 Å². The Labute approximate surface area is 108 Å². The number of carbonyl (C=O) groups excluding carboxylic acids is 1. The van der Waals surface area contributed by atoms with Crippen molar-refractivity contribution >= 4 is 11.7 Å². The molecular formula is C13H21N3O2. The van der Waals surface area contributed by atoms with Gasteiger partial charge in [0.05, 0.1) is 18.5 Å². The minimum atomic E-state index is -0.578. The van der Waals surface area contributed by atoms with E-state index in [1.165, 1.54) is 0 Å². The molecule has 100 valence electrons. The number of carbonyl (C=O) groups is 1. The second-order valence-electron chi connectivity index (χ2n) is 4.81. The number of methoxy groups -OCH3 is 1. The van der Waals surface area contributed by atoms with Crippen molar-refractivity contribution in [2.75, 3.05) is 12.4 Å². The van der Waals surface area contributed by atoms with Crippen molar-refractivity contribution in [2.45, 2.75) is 39.5 Å². The minimum Gasteiger partial charge on any atom is -0.481 e. The van der Waals surface area contributed by atoms with Crippen LogP contribution in [0.25, 0.3) is 0 Å². The molecule has 0 saturated heterocycles. The van der Waals surface area contributed by atoms with Gasteiger partial charge >= 0.3 is 6.03 Å². The van der Waals surface area contributed by atoms with E-state index in [0.717, 1.165) is 11.3 Å². The summed E-state index contributed by atoms with van der Waals surface area (Å²) >= 11 is 0. The Bertz CT molecular complexity index is 413. The summed E-state index contributed by atoms with van der Waals surface area (Å²) in [5, 5.41) is 2.68. The number of aromatic nitrogens is 1. The van der Waals surface area contributed by atoms with Crippen LogP contribution in [-0.2, 0) is 0 Å². The molecule has 0 unspecified atom stereocenters. The number of hydrogen-bond donors (Lipinski definition) is 2. The van der Waals surface area contributed by atoms with Crippen molar-refractivity contribution in [3.05, 3.63) is 17.3 Å². The topological polar surface area (TPSA) is 77.2 Å². The molecule has 5 nitrogen and oxygen atoms in total. The first-order valence-corrected chi connectivity index (χ1v) is 6.02. The number of rotatable bonds is 4. The molecule has 0 fully saturated rings. The highest BCUT2D eigenvalue weighted by atomic mass is 16.5. The lowest BCUT2D eigenvalue weighted by Crippen LogP contribution is -2.22. The fourth-order valence-electron chi connectivity index (χ4n) is 1.80. The molecule has 0 radical (unpaired) electrons. The molecule has 3 N–H and O–H groups in total. The zero-order chi connectivity index (χ0) is 13.9. The largest absolute Gasteiger partial charge is 0.481 e. The SMILES string of the molecule is COc1cc(C(C)C)c(NC(N)=O)c(C(C)C)n1. The molecule has 18 heavy (non-hydrogen) atoms. The highest BCUT2D eigenvalue weighted by molar-refractivity contribution is 5.89. The van der Waals surface area contributed by atoms with Gasteiger partial charge in [-0.15, -0.1) is 0 Å². The van der Waals surface area contributed by atoms with E-state index in [1.54, 1.807) is 7.11 Å². The van der Waals surface area contributed by atoms with Gasteiger partial charge in [-0.3, -0.25) is 0 Å². The number of anilines is 1.